The van der Waals surface area contributed by atoms with E-state index in [4.69, 9.17) is 58.0 Å². The van der Waals surface area contributed by atoms with E-state index in [1.165, 1.54) is 24.3 Å². The number of nitrogens with zero attached hydrogens (tertiary/aromatic N) is 1. The van der Waals surface area contributed by atoms with E-state index in [1.807, 2.05) is 0 Å². The van der Waals surface area contributed by atoms with E-state index in [9.17, 15) is 13.2 Å². The molecule has 0 heterocycles. The molecule has 3 aromatic rings. The molecule has 168 valence electrons. The Kier molecular flexibility index (Phi) is 8.33. The molecule has 11 heteroatoms. The summed E-state index contributed by atoms with van der Waals surface area (Å²) in [6, 6.07) is 15.1. The first kappa shape index (κ1) is 25.1. The zero-order valence-corrected chi connectivity index (χ0v) is 20.8. The summed E-state index contributed by atoms with van der Waals surface area (Å²) in [4.78, 5) is 12.8. The minimum Gasteiger partial charge on any atom is -0.322 e. The highest BCUT2D eigenvalue weighted by Crippen LogP contribution is 2.31. The Morgan fingerprint density at radius 3 is 1.81 bits per heavy atom. The monoisotopic (exact) mass is 550 g/mol. The van der Waals surface area contributed by atoms with Crippen LogP contribution in [0.4, 0.5) is 5.69 Å². The van der Waals surface area contributed by atoms with Crippen molar-refractivity contribution in [1.82, 2.24) is 4.31 Å². The molecule has 1 N–H and O–H groups in total. The molecule has 0 spiro atoms. The van der Waals surface area contributed by atoms with Gasteiger partial charge in [0.2, 0.25) is 15.9 Å². The minimum absolute atomic E-state index is 0.0475. The van der Waals surface area contributed by atoms with Crippen molar-refractivity contribution < 1.29 is 13.2 Å². The molecule has 0 aliphatic carbocycles. The average molecular weight is 553 g/mol. The number of hydrogen-bond donors (Lipinski definition) is 1. The molecule has 1 amide bonds. The topological polar surface area (TPSA) is 66.5 Å². The summed E-state index contributed by atoms with van der Waals surface area (Å²) in [6.45, 7) is -0.790. The second kappa shape index (κ2) is 10.6. The van der Waals surface area contributed by atoms with E-state index < -0.39 is 22.5 Å². The minimum atomic E-state index is -4.13. The molecule has 0 aromatic heterocycles. The molecule has 0 aliphatic heterocycles. The summed E-state index contributed by atoms with van der Waals surface area (Å²) in [6.07, 6.45) is 0. The van der Waals surface area contributed by atoms with Gasteiger partial charge in [-0.2, -0.15) is 4.31 Å². The fourth-order valence-electron chi connectivity index (χ4n) is 2.80. The second-order valence-electron chi connectivity index (χ2n) is 6.57. The largest absolute Gasteiger partial charge is 0.322 e. The fourth-order valence-corrected chi connectivity index (χ4v) is 5.30. The second-order valence-corrected chi connectivity index (χ2v) is 10.6. The third-order valence-corrected chi connectivity index (χ3v) is 7.79. The molecule has 0 fully saturated rings. The zero-order chi connectivity index (χ0) is 23.5. The van der Waals surface area contributed by atoms with Gasteiger partial charge in [-0.05, 0) is 48.5 Å². The van der Waals surface area contributed by atoms with Crippen LogP contribution in [0.3, 0.4) is 0 Å². The Hall–Kier alpha value is -1.51. The fraction of sp³-hybridized carbons (Fsp3) is 0.0952. The molecule has 0 unspecified atom stereocenters. The van der Waals surface area contributed by atoms with Crippen LogP contribution in [-0.2, 0) is 21.4 Å². The lowest BCUT2D eigenvalue weighted by atomic mass is 10.2. The van der Waals surface area contributed by atoms with Gasteiger partial charge in [0.15, 0.2) is 0 Å². The van der Waals surface area contributed by atoms with Gasteiger partial charge in [0.1, 0.15) is 0 Å². The number of sulfonamides is 1. The van der Waals surface area contributed by atoms with E-state index in [0.29, 0.717) is 10.6 Å². The number of carbonyl (C=O) groups is 1. The predicted octanol–water partition coefficient (Wildman–Crippen LogP) is 6.78. The molecule has 3 rings (SSSR count). The maximum absolute atomic E-state index is 13.4. The number of carbonyl (C=O) groups excluding carboxylic acids is 1. The SMILES string of the molecule is O=C(CN(Cc1c(Cl)cccc1Cl)S(=O)(=O)c1ccc(Cl)cc1)Nc1c(Cl)cccc1Cl. The molecule has 3 aromatic carbocycles. The van der Waals surface area contributed by atoms with Crippen LogP contribution < -0.4 is 5.32 Å². The summed E-state index contributed by atoms with van der Waals surface area (Å²) < 4.78 is 27.7. The van der Waals surface area contributed by atoms with Crippen LogP contribution in [0.25, 0.3) is 0 Å². The number of para-hydroxylation sites is 1. The van der Waals surface area contributed by atoms with E-state index in [-0.39, 0.29) is 37.2 Å². The van der Waals surface area contributed by atoms with Gasteiger partial charge in [0, 0.05) is 27.2 Å². The highest BCUT2D eigenvalue weighted by Gasteiger charge is 2.28. The maximum atomic E-state index is 13.4. The summed E-state index contributed by atoms with van der Waals surface area (Å²) in [5.74, 6) is -0.652. The van der Waals surface area contributed by atoms with Crippen molar-refractivity contribution in [2.45, 2.75) is 11.4 Å². The third-order valence-electron chi connectivity index (χ3n) is 4.39. The lowest BCUT2D eigenvalue weighted by Crippen LogP contribution is -2.37. The summed E-state index contributed by atoms with van der Waals surface area (Å²) >= 11 is 30.6. The smallest absolute Gasteiger partial charge is 0.243 e. The first-order chi connectivity index (χ1) is 15.1. The molecule has 0 saturated heterocycles. The first-order valence-corrected chi connectivity index (χ1v) is 12.3. The van der Waals surface area contributed by atoms with Gasteiger partial charge in [-0.3, -0.25) is 4.79 Å². The van der Waals surface area contributed by atoms with Crippen LogP contribution in [0.1, 0.15) is 5.56 Å². The van der Waals surface area contributed by atoms with Crippen LogP contribution in [0.5, 0.6) is 0 Å². The number of nitrogens with one attached hydrogen (secondary N) is 1. The first-order valence-electron chi connectivity index (χ1n) is 9.02. The van der Waals surface area contributed by atoms with Gasteiger partial charge >= 0.3 is 0 Å². The highest BCUT2D eigenvalue weighted by atomic mass is 35.5. The average Bonchev–Trinajstić information content (AvgIpc) is 2.73. The molecular formula is C21H15Cl5N2O3S. The van der Waals surface area contributed by atoms with E-state index in [1.54, 1.807) is 36.4 Å². The standard InChI is InChI=1S/C21H15Cl5N2O3S/c22-13-7-9-14(10-8-13)32(30,31)28(11-15-16(23)3-1-4-17(15)24)12-20(29)27-21-18(25)5-2-6-19(21)26/h1-10H,11-12H2,(H,27,29). The molecule has 0 atom stereocenters. The van der Waals surface area contributed by atoms with Crippen LogP contribution in [0.15, 0.2) is 65.6 Å². The molecule has 0 aliphatic rings. The summed E-state index contributed by atoms with van der Waals surface area (Å²) in [5.41, 5.74) is 0.539. The molecule has 5 nitrogen and oxygen atoms in total. The van der Waals surface area contributed by atoms with Gasteiger partial charge in [0.05, 0.1) is 27.2 Å². The lowest BCUT2D eigenvalue weighted by molar-refractivity contribution is -0.116. The van der Waals surface area contributed by atoms with Crippen molar-refractivity contribution in [3.05, 3.63) is 91.3 Å². The van der Waals surface area contributed by atoms with Gasteiger partial charge in [0.25, 0.3) is 0 Å². The van der Waals surface area contributed by atoms with Crippen LogP contribution >= 0.6 is 58.0 Å². The number of benzene rings is 3. The van der Waals surface area contributed by atoms with Gasteiger partial charge in [-0.1, -0.05) is 70.1 Å². The Morgan fingerprint density at radius 2 is 1.28 bits per heavy atom. The van der Waals surface area contributed by atoms with Crippen molar-refractivity contribution in [2.75, 3.05) is 11.9 Å². The van der Waals surface area contributed by atoms with Crippen LogP contribution in [0, 0.1) is 0 Å². The normalized spacial score (nSPS) is 11.6. The Bertz CT molecular complexity index is 1210. The van der Waals surface area contributed by atoms with Crippen molar-refractivity contribution >= 4 is 79.6 Å². The maximum Gasteiger partial charge on any atom is 0.243 e. The third kappa shape index (κ3) is 5.88. The van der Waals surface area contributed by atoms with Gasteiger partial charge < -0.3 is 5.32 Å². The van der Waals surface area contributed by atoms with Crippen LogP contribution in [0.2, 0.25) is 25.1 Å². The van der Waals surface area contributed by atoms with Crippen molar-refractivity contribution in [1.29, 1.82) is 0 Å². The van der Waals surface area contributed by atoms with Crippen molar-refractivity contribution in [3.63, 3.8) is 0 Å². The number of hydrogen-bond acceptors (Lipinski definition) is 3. The van der Waals surface area contributed by atoms with Gasteiger partial charge in [-0.25, -0.2) is 8.42 Å². The van der Waals surface area contributed by atoms with Crippen LogP contribution in [-0.4, -0.2) is 25.2 Å². The Labute approximate surface area is 210 Å². The summed E-state index contributed by atoms with van der Waals surface area (Å²) in [5, 5.41) is 3.90. The molecule has 0 radical (unpaired) electrons. The quantitative estimate of drug-likeness (QED) is 0.351. The number of rotatable bonds is 7. The number of amides is 1. The Morgan fingerprint density at radius 1 is 0.781 bits per heavy atom. The zero-order valence-electron chi connectivity index (χ0n) is 16.2. The van der Waals surface area contributed by atoms with Crippen molar-refractivity contribution in [2.24, 2.45) is 0 Å². The molecule has 0 bridgehead atoms. The molecule has 32 heavy (non-hydrogen) atoms. The Balaban J connectivity index is 1.96. The number of anilines is 1. The molecular weight excluding hydrogens is 538 g/mol. The van der Waals surface area contributed by atoms with Gasteiger partial charge in [-0.15, -0.1) is 0 Å². The highest BCUT2D eigenvalue weighted by molar-refractivity contribution is 7.89. The lowest BCUT2D eigenvalue weighted by Gasteiger charge is -2.23. The number of halogens is 5. The van der Waals surface area contributed by atoms with E-state index in [2.05, 4.69) is 5.32 Å². The van der Waals surface area contributed by atoms with E-state index >= 15 is 0 Å². The van der Waals surface area contributed by atoms with E-state index in [0.717, 1.165) is 4.31 Å². The summed E-state index contributed by atoms with van der Waals surface area (Å²) in [7, 11) is -4.13. The molecule has 0 saturated carbocycles. The van der Waals surface area contributed by atoms with Crippen molar-refractivity contribution in [3.8, 4) is 0 Å². The predicted molar refractivity (Wildman–Crippen MR) is 131 cm³/mol.